The fourth-order valence-corrected chi connectivity index (χ4v) is 4.38. The number of rotatable bonds is 8. The number of ether oxygens (including phenoxy) is 1. The number of nitrogen functional groups attached to an aromatic ring is 1. The summed E-state index contributed by atoms with van der Waals surface area (Å²) in [5, 5.41) is 8.89. The Bertz CT molecular complexity index is 1630. The number of ketones is 1. The summed E-state index contributed by atoms with van der Waals surface area (Å²) in [7, 11) is -3.24. The van der Waals surface area contributed by atoms with Crippen LogP contribution in [0.25, 0.3) is 22.0 Å². The number of nitrogens with two attached hydrogens (primary N) is 1. The van der Waals surface area contributed by atoms with Gasteiger partial charge in [-0.1, -0.05) is 48.5 Å². The molecule has 0 spiro atoms. The van der Waals surface area contributed by atoms with Gasteiger partial charge >= 0.3 is 35.5 Å². The van der Waals surface area contributed by atoms with Gasteiger partial charge in [0.2, 0.25) is 0 Å². The van der Waals surface area contributed by atoms with E-state index in [4.69, 9.17) is 5.73 Å². The van der Waals surface area contributed by atoms with E-state index in [1.54, 1.807) is 60.7 Å². The molecule has 1 aromatic heterocycles. The van der Waals surface area contributed by atoms with E-state index in [0.717, 1.165) is 5.56 Å². The van der Waals surface area contributed by atoms with Crippen LogP contribution < -0.4 is 35.3 Å². The number of carbonyl (C=O) groups excluding carboxylic acids is 2. The minimum atomic E-state index is -4.52. The Labute approximate surface area is 242 Å². The van der Waals surface area contributed by atoms with Crippen LogP contribution in [0.1, 0.15) is 24.6 Å². The van der Waals surface area contributed by atoms with E-state index in [1.165, 1.54) is 19.4 Å². The van der Waals surface area contributed by atoms with Crippen molar-refractivity contribution in [2.45, 2.75) is 17.7 Å². The Morgan fingerprint density at radius 2 is 1.68 bits per heavy atom. The number of Topliss-reactive ketones (excluding diaryl/α,β-unsaturated/α-hetero) is 1. The fourth-order valence-electron chi connectivity index (χ4n) is 3.66. The van der Waals surface area contributed by atoms with E-state index in [0.29, 0.717) is 22.3 Å². The van der Waals surface area contributed by atoms with Gasteiger partial charge in [-0.2, -0.15) is 8.42 Å². The van der Waals surface area contributed by atoms with Crippen molar-refractivity contribution >= 4 is 49.7 Å². The van der Waals surface area contributed by atoms with E-state index >= 15 is 0 Å². The smallest absolute Gasteiger partial charge is 1.00 e. The van der Waals surface area contributed by atoms with Gasteiger partial charge in [0.1, 0.15) is 16.3 Å². The van der Waals surface area contributed by atoms with Crippen LogP contribution in [-0.2, 0) is 19.6 Å². The predicted molar refractivity (Wildman–Crippen MR) is 139 cm³/mol. The van der Waals surface area contributed by atoms with Crippen molar-refractivity contribution in [2.75, 3.05) is 12.8 Å². The van der Waals surface area contributed by atoms with E-state index in [2.05, 4.69) is 19.9 Å². The van der Waals surface area contributed by atoms with E-state index < -0.39 is 16.1 Å². The van der Waals surface area contributed by atoms with Crippen molar-refractivity contribution in [2.24, 2.45) is 10.2 Å². The van der Waals surface area contributed by atoms with Crippen LogP contribution >= 0.6 is 0 Å². The van der Waals surface area contributed by atoms with Crippen molar-refractivity contribution in [1.82, 2.24) is 4.98 Å². The molecule has 190 valence electrons. The Hall–Kier alpha value is -3.48. The molecule has 0 amide bonds. The maximum Gasteiger partial charge on any atom is 1.00 e. The molecule has 0 bridgehead atoms. The van der Waals surface area contributed by atoms with Gasteiger partial charge in [-0.15, -0.1) is 10.2 Å². The molecule has 0 saturated carbocycles. The number of methoxy groups -OCH3 is 1. The number of anilines is 1. The number of carbonyl (C=O) groups is 2. The van der Waals surface area contributed by atoms with Crippen LogP contribution in [0.15, 0.2) is 88.1 Å². The molecule has 0 aliphatic heterocycles. The molecule has 0 fully saturated rings. The SMILES string of the molecule is COC(=O)CCC(=O)c1ccc(-c2ccc(N=Nc3cc(S(=O)(=O)O)c4ccccc4c3N)cn2)cc1.[H-].[Na+]. The molecule has 0 radical (unpaired) electrons. The first-order valence-corrected chi connectivity index (χ1v) is 12.5. The largest absolute Gasteiger partial charge is 1.00 e. The van der Waals surface area contributed by atoms with Gasteiger partial charge < -0.3 is 11.9 Å². The first-order chi connectivity index (χ1) is 17.7. The van der Waals surface area contributed by atoms with Crippen LogP contribution in [-0.4, -0.2) is 36.8 Å². The van der Waals surface area contributed by atoms with Gasteiger partial charge in [0.05, 0.1) is 31.1 Å². The molecular formula is C26H23N4NaO6S. The molecule has 38 heavy (non-hydrogen) atoms. The molecular weight excluding hydrogens is 519 g/mol. The number of esters is 1. The second-order valence-corrected chi connectivity index (χ2v) is 9.40. The number of aromatic nitrogens is 1. The number of hydrogen-bond donors (Lipinski definition) is 2. The molecule has 0 unspecified atom stereocenters. The average Bonchev–Trinajstić information content (AvgIpc) is 2.91. The molecule has 1 heterocycles. The normalized spacial score (nSPS) is 11.3. The summed E-state index contributed by atoms with van der Waals surface area (Å²) in [6, 6.07) is 17.9. The van der Waals surface area contributed by atoms with Crippen LogP contribution in [0.5, 0.6) is 0 Å². The van der Waals surface area contributed by atoms with Gasteiger partial charge in [-0.3, -0.25) is 19.1 Å². The molecule has 4 rings (SSSR count). The van der Waals surface area contributed by atoms with Crippen LogP contribution in [0.3, 0.4) is 0 Å². The average molecular weight is 543 g/mol. The predicted octanol–water partition coefficient (Wildman–Crippen LogP) is 2.40. The monoisotopic (exact) mass is 542 g/mol. The second-order valence-electron chi connectivity index (χ2n) is 8.01. The number of benzene rings is 3. The fraction of sp³-hybridized carbons (Fsp3) is 0.115. The Morgan fingerprint density at radius 1 is 1.00 bits per heavy atom. The third-order valence-electron chi connectivity index (χ3n) is 5.61. The quantitative estimate of drug-likeness (QED) is 0.0857. The number of pyridine rings is 1. The zero-order valence-corrected chi connectivity index (χ0v) is 23.5. The maximum atomic E-state index is 12.2. The molecule has 3 N–H and O–H groups in total. The minimum Gasteiger partial charge on any atom is -1.00 e. The van der Waals surface area contributed by atoms with E-state index in [1.807, 2.05) is 0 Å². The summed E-state index contributed by atoms with van der Waals surface area (Å²) >= 11 is 0. The van der Waals surface area contributed by atoms with Gasteiger partial charge in [-0.25, -0.2) is 0 Å². The van der Waals surface area contributed by atoms with E-state index in [9.17, 15) is 22.6 Å². The Balaban J connectivity index is 0.00000267. The van der Waals surface area contributed by atoms with Crippen LogP contribution in [0, 0.1) is 0 Å². The van der Waals surface area contributed by atoms with Gasteiger partial charge in [0.25, 0.3) is 10.1 Å². The van der Waals surface area contributed by atoms with Gasteiger partial charge in [0, 0.05) is 28.3 Å². The summed E-state index contributed by atoms with van der Waals surface area (Å²) in [6.07, 6.45) is 1.57. The number of nitrogens with zero attached hydrogens (tertiary/aromatic N) is 3. The van der Waals surface area contributed by atoms with Crippen molar-refractivity contribution in [3.05, 3.63) is 78.5 Å². The van der Waals surface area contributed by atoms with Crippen molar-refractivity contribution in [1.29, 1.82) is 0 Å². The second kappa shape index (κ2) is 12.4. The molecule has 0 aliphatic carbocycles. The molecule has 4 aromatic rings. The molecule has 12 heteroatoms. The molecule has 10 nitrogen and oxygen atoms in total. The summed E-state index contributed by atoms with van der Waals surface area (Å²) in [5.74, 6) is -0.598. The minimum absolute atomic E-state index is 0. The topological polar surface area (TPSA) is 161 Å². The number of hydrogen-bond acceptors (Lipinski definition) is 9. The molecule has 3 aromatic carbocycles. The first-order valence-electron chi connectivity index (χ1n) is 11.0. The molecule has 0 aliphatic rings. The zero-order valence-electron chi connectivity index (χ0n) is 21.7. The number of azo groups is 1. The summed E-state index contributed by atoms with van der Waals surface area (Å²) in [5.41, 5.74) is 8.75. The Kier molecular flexibility index (Phi) is 9.47. The van der Waals surface area contributed by atoms with Crippen molar-refractivity contribution in [3.63, 3.8) is 0 Å². The standard InChI is InChI=1S/C26H22N4O6S.Na.H/c1-36-25(32)13-12-23(31)17-8-6-16(7-9-17)21-11-10-18(15-28-21)29-30-22-14-24(37(33,34)35)19-4-2-3-5-20(19)26(22)27;;/h2-11,14-15H,12-13,27H2,1H3,(H,33,34,35);;/q;+1;-1. The summed E-state index contributed by atoms with van der Waals surface area (Å²) < 4.78 is 38.0. The van der Waals surface area contributed by atoms with Crippen LogP contribution in [0.2, 0.25) is 0 Å². The van der Waals surface area contributed by atoms with Gasteiger partial charge in [0.15, 0.2) is 5.78 Å². The van der Waals surface area contributed by atoms with E-state index in [-0.39, 0.29) is 71.3 Å². The molecule has 0 atom stereocenters. The first kappa shape index (κ1) is 29.1. The third kappa shape index (κ3) is 6.69. The van der Waals surface area contributed by atoms with Gasteiger partial charge in [-0.05, 0) is 18.2 Å². The Morgan fingerprint density at radius 3 is 2.29 bits per heavy atom. The third-order valence-corrected chi connectivity index (χ3v) is 6.51. The molecule has 0 saturated heterocycles. The maximum absolute atomic E-state index is 12.2. The summed E-state index contributed by atoms with van der Waals surface area (Å²) in [6.45, 7) is 0. The van der Waals surface area contributed by atoms with Crippen LogP contribution in [0.4, 0.5) is 17.1 Å². The van der Waals surface area contributed by atoms with Crippen molar-refractivity contribution < 1.29 is 58.3 Å². The summed E-state index contributed by atoms with van der Waals surface area (Å²) in [4.78, 5) is 27.5. The number of fused-ring (bicyclic) bond motifs is 1. The van der Waals surface area contributed by atoms with Crippen molar-refractivity contribution in [3.8, 4) is 11.3 Å². The zero-order chi connectivity index (χ0) is 26.6.